The minimum absolute atomic E-state index is 0.0880. The number of rotatable bonds is 12. The third-order valence-electron chi connectivity index (χ3n) is 3.67. The van der Waals surface area contributed by atoms with Crippen LogP contribution in [-0.2, 0) is 10.1 Å². The average molecular weight is 362 g/mol. The molecular formula is C18H32FNO3S. The summed E-state index contributed by atoms with van der Waals surface area (Å²) in [6.07, 6.45) is 14.6. The van der Waals surface area contributed by atoms with Crippen LogP contribution in [0.15, 0.2) is 30.6 Å². The fourth-order valence-corrected chi connectivity index (χ4v) is 2.72. The van der Waals surface area contributed by atoms with Crippen molar-refractivity contribution in [1.82, 2.24) is 4.98 Å². The first kappa shape index (κ1) is 23.0. The number of nitrogens with zero attached hydrogens (tertiary/aromatic N) is 1. The average Bonchev–Trinajstić information content (AvgIpc) is 2.57. The fraction of sp³-hybridized carbons (Fsp3) is 0.722. The van der Waals surface area contributed by atoms with Crippen molar-refractivity contribution < 1.29 is 17.4 Å². The highest BCUT2D eigenvalue weighted by Gasteiger charge is 2.20. The molecule has 24 heavy (non-hydrogen) atoms. The standard InChI is InChI=1S/C13H27FO3S.C5H5N/c1-2-3-4-5-6-7-8-9-10-11-12-13(14)18(15,16)17;1-2-4-6-5-3-1/h13H,2-12H2,1H3,(H,15,16,17);1-5H. The maximum Gasteiger partial charge on any atom is 0.297 e. The molecule has 1 aromatic rings. The Balaban J connectivity index is 0.000000728. The van der Waals surface area contributed by atoms with E-state index >= 15 is 0 Å². The second kappa shape index (κ2) is 15.5. The molecule has 6 heteroatoms. The number of hydrogen-bond acceptors (Lipinski definition) is 3. The highest BCUT2D eigenvalue weighted by molar-refractivity contribution is 7.86. The lowest BCUT2D eigenvalue weighted by molar-refractivity contribution is 0.349. The largest absolute Gasteiger partial charge is 0.297 e. The number of hydrogen-bond donors (Lipinski definition) is 1. The van der Waals surface area contributed by atoms with Crippen LogP contribution in [0.3, 0.4) is 0 Å². The minimum atomic E-state index is -4.48. The summed E-state index contributed by atoms with van der Waals surface area (Å²) in [6.45, 7) is 2.20. The van der Waals surface area contributed by atoms with Crippen LogP contribution in [0, 0.1) is 0 Å². The van der Waals surface area contributed by atoms with Crippen LogP contribution in [0.1, 0.15) is 77.6 Å². The molecule has 1 unspecified atom stereocenters. The predicted molar refractivity (Wildman–Crippen MR) is 97.1 cm³/mol. The van der Waals surface area contributed by atoms with Gasteiger partial charge in [-0.2, -0.15) is 8.42 Å². The zero-order chi connectivity index (χ0) is 18.1. The molecule has 1 N–H and O–H groups in total. The van der Waals surface area contributed by atoms with Crippen molar-refractivity contribution in [3.63, 3.8) is 0 Å². The molecule has 1 rings (SSSR count). The van der Waals surface area contributed by atoms with Gasteiger partial charge in [-0.15, -0.1) is 0 Å². The SMILES string of the molecule is CCCCCCCCCCCCC(F)S(=O)(=O)O.c1ccncc1. The Bertz CT molecular complexity index is 442. The number of aromatic nitrogens is 1. The Kier molecular flexibility index (Phi) is 14.9. The molecule has 0 aliphatic rings. The van der Waals surface area contributed by atoms with Crippen LogP contribution in [0.2, 0.25) is 0 Å². The summed E-state index contributed by atoms with van der Waals surface area (Å²) in [4.78, 5) is 3.78. The van der Waals surface area contributed by atoms with Crippen LogP contribution >= 0.6 is 0 Å². The van der Waals surface area contributed by atoms with E-state index in [1.807, 2.05) is 18.2 Å². The van der Waals surface area contributed by atoms with E-state index < -0.39 is 15.6 Å². The van der Waals surface area contributed by atoms with Crippen LogP contribution < -0.4 is 0 Å². The van der Waals surface area contributed by atoms with Gasteiger partial charge in [0, 0.05) is 12.4 Å². The van der Waals surface area contributed by atoms with E-state index in [0.717, 1.165) is 19.3 Å². The fourth-order valence-electron chi connectivity index (χ4n) is 2.25. The topological polar surface area (TPSA) is 67.3 Å². The molecule has 0 spiro atoms. The smallest absolute Gasteiger partial charge is 0.283 e. The van der Waals surface area contributed by atoms with Gasteiger partial charge >= 0.3 is 0 Å². The second-order valence-corrected chi connectivity index (χ2v) is 7.46. The van der Waals surface area contributed by atoms with Crippen molar-refractivity contribution in [2.24, 2.45) is 0 Å². The Morgan fingerprint density at radius 2 is 1.33 bits per heavy atom. The quantitative estimate of drug-likeness (QED) is 0.391. The van der Waals surface area contributed by atoms with Crippen LogP contribution in [0.5, 0.6) is 0 Å². The van der Waals surface area contributed by atoms with Gasteiger partial charge in [0.2, 0.25) is 5.50 Å². The first-order valence-corrected chi connectivity index (χ1v) is 10.4. The van der Waals surface area contributed by atoms with Crippen molar-refractivity contribution in [1.29, 1.82) is 0 Å². The number of pyridine rings is 1. The normalized spacial score (nSPS) is 12.3. The summed E-state index contributed by atoms with van der Waals surface area (Å²) in [5, 5.41) is 0. The molecule has 0 aliphatic carbocycles. The van der Waals surface area contributed by atoms with E-state index in [1.165, 1.54) is 38.5 Å². The summed E-state index contributed by atoms with van der Waals surface area (Å²) < 4.78 is 42.1. The summed E-state index contributed by atoms with van der Waals surface area (Å²) in [5.74, 6) is 0. The Morgan fingerprint density at radius 3 is 1.67 bits per heavy atom. The molecule has 0 radical (unpaired) electrons. The highest BCUT2D eigenvalue weighted by Crippen LogP contribution is 2.14. The first-order chi connectivity index (χ1) is 11.5. The Hall–Kier alpha value is -1.01. The molecule has 1 aromatic heterocycles. The lowest BCUT2D eigenvalue weighted by Gasteiger charge is -2.04. The molecule has 4 nitrogen and oxygen atoms in total. The number of alkyl halides is 1. The number of halogens is 1. The number of unbranched alkanes of at least 4 members (excludes halogenated alkanes) is 9. The van der Waals surface area contributed by atoms with Crippen LogP contribution in [-0.4, -0.2) is 23.5 Å². The Labute approximate surface area is 146 Å². The summed E-state index contributed by atoms with van der Waals surface area (Å²) in [7, 11) is -4.48. The first-order valence-electron chi connectivity index (χ1n) is 8.93. The van der Waals surface area contributed by atoms with Gasteiger partial charge in [0.05, 0.1) is 0 Å². The van der Waals surface area contributed by atoms with E-state index in [4.69, 9.17) is 4.55 Å². The molecule has 0 fully saturated rings. The lowest BCUT2D eigenvalue weighted by Crippen LogP contribution is -2.14. The van der Waals surface area contributed by atoms with Gasteiger partial charge in [0.1, 0.15) is 0 Å². The maximum absolute atomic E-state index is 12.8. The molecule has 0 saturated carbocycles. The summed E-state index contributed by atoms with van der Waals surface area (Å²) >= 11 is 0. The molecular weight excluding hydrogens is 329 g/mol. The van der Waals surface area contributed by atoms with E-state index in [1.54, 1.807) is 12.4 Å². The predicted octanol–water partition coefficient (Wildman–Crippen LogP) is 5.56. The van der Waals surface area contributed by atoms with Gasteiger partial charge in [-0.05, 0) is 25.0 Å². The lowest BCUT2D eigenvalue weighted by atomic mass is 10.1. The molecule has 1 atom stereocenters. The third-order valence-corrected chi connectivity index (χ3v) is 4.56. The van der Waals surface area contributed by atoms with Gasteiger partial charge in [-0.3, -0.25) is 9.54 Å². The summed E-state index contributed by atoms with van der Waals surface area (Å²) in [5.41, 5.74) is -2.11. The molecule has 0 bridgehead atoms. The molecule has 140 valence electrons. The van der Waals surface area contributed by atoms with E-state index in [2.05, 4.69) is 11.9 Å². The van der Waals surface area contributed by atoms with Crippen molar-refractivity contribution in [2.75, 3.05) is 0 Å². The zero-order valence-electron chi connectivity index (χ0n) is 14.7. The molecule has 0 amide bonds. The second-order valence-electron chi connectivity index (χ2n) is 5.92. The zero-order valence-corrected chi connectivity index (χ0v) is 15.6. The summed E-state index contributed by atoms with van der Waals surface area (Å²) in [6, 6.07) is 5.72. The van der Waals surface area contributed by atoms with E-state index in [-0.39, 0.29) is 6.42 Å². The molecule has 1 heterocycles. The van der Waals surface area contributed by atoms with Gasteiger partial charge in [0.25, 0.3) is 10.1 Å². The molecule has 0 aliphatic heterocycles. The van der Waals surface area contributed by atoms with E-state index in [9.17, 15) is 12.8 Å². The highest BCUT2D eigenvalue weighted by atomic mass is 32.2. The van der Waals surface area contributed by atoms with Gasteiger partial charge in [-0.25, -0.2) is 4.39 Å². The van der Waals surface area contributed by atoms with Crippen molar-refractivity contribution >= 4 is 10.1 Å². The van der Waals surface area contributed by atoms with Crippen molar-refractivity contribution in [3.8, 4) is 0 Å². The maximum atomic E-state index is 12.8. The van der Waals surface area contributed by atoms with Gasteiger partial charge in [-0.1, -0.05) is 70.8 Å². The molecule has 0 aromatic carbocycles. The monoisotopic (exact) mass is 361 g/mol. The van der Waals surface area contributed by atoms with E-state index in [0.29, 0.717) is 6.42 Å². The van der Waals surface area contributed by atoms with Crippen molar-refractivity contribution in [2.45, 2.75) is 83.1 Å². The minimum Gasteiger partial charge on any atom is -0.283 e. The van der Waals surface area contributed by atoms with Gasteiger partial charge < -0.3 is 0 Å². The van der Waals surface area contributed by atoms with Crippen LogP contribution in [0.4, 0.5) is 4.39 Å². The van der Waals surface area contributed by atoms with Crippen molar-refractivity contribution in [3.05, 3.63) is 30.6 Å². The van der Waals surface area contributed by atoms with Gasteiger partial charge in [0.15, 0.2) is 0 Å². The Morgan fingerprint density at radius 1 is 0.875 bits per heavy atom. The molecule has 0 saturated heterocycles. The third kappa shape index (κ3) is 15.9. The van der Waals surface area contributed by atoms with Crippen LogP contribution in [0.25, 0.3) is 0 Å².